The van der Waals surface area contributed by atoms with Crippen LogP contribution in [0.15, 0.2) is 48.9 Å². The molecular formula is C20H25N5. The van der Waals surface area contributed by atoms with E-state index < -0.39 is 0 Å². The molecular weight excluding hydrogens is 310 g/mol. The smallest absolute Gasteiger partial charge is 0.155 e. The summed E-state index contributed by atoms with van der Waals surface area (Å²) in [6.45, 7) is 5.42. The molecule has 5 nitrogen and oxygen atoms in total. The minimum atomic E-state index is 0.903. The number of likely N-dealkylation sites (tertiary alicyclic amines) is 1. The van der Waals surface area contributed by atoms with E-state index in [9.17, 15) is 0 Å². The van der Waals surface area contributed by atoms with Gasteiger partial charge in [-0.25, -0.2) is 9.50 Å². The zero-order valence-electron chi connectivity index (χ0n) is 14.8. The van der Waals surface area contributed by atoms with Gasteiger partial charge in [0.25, 0.3) is 0 Å². The number of hydrogen-bond acceptors (Lipinski definition) is 4. The highest BCUT2D eigenvalue weighted by Crippen LogP contribution is 2.18. The highest BCUT2D eigenvalue weighted by Gasteiger charge is 2.14. The highest BCUT2D eigenvalue weighted by molar-refractivity contribution is 5.39. The van der Waals surface area contributed by atoms with Gasteiger partial charge in [-0.05, 0) is 61.8 Å². The van der Waals surface area contributed by atoms with Crippen molar-refractivity contribution in [3.8, 4) is 0 Å². The zero-order chi connectivity index (χ0) is 17.1. The summed E-state index contributed by atoms with van der Waals surface area (Å²) in [5, 5.41) is 4.15. The molecule has 0 bridgehead atoms. The first-order valence-corrected chi connectivity index (χ1v) is 9.04. The van der Waals surface area contributed by atoms with Crippen molar-refractivity contribution in [2.24, 2.45) is 0 Å². The fraction of sp³-hybridized carbons (Fsp3) is 0.400. The molecule has 25 heavy (non-hydrogen) atoms. The van der Waals surface area contributed by atoms with E-state index in [-0.39, 0.29) is 0 Å². The van der Waals surface area contributed by atoms with Crippen LogP contribution in [0.5, 0.6) is 0 Å². The minimum Gasteiger partial charge on any atom is -0.299 e. The average Bonchev–Trinajstić information content (AvgIpc) is 3.27. The second-order valence-electron chi connectivity index (χ2n) is 7.02. The van der Waals surface area contributed by atoms with Crippen LogP contribution in [0.25, 0.3) is 5.65 Å². The number of nitrogens with zero attached hydrogens (tertiary/aromatic N) is 5. The normalized spacial score (nSPS) is 15.4. The Bertz CT molecular complexity index is 835. The molecule has 1 fully saturated rings. The maximum atomic E-state index is 4.27. The maximum Gasteiger partial charge on any atom is 0.155 e. The number of rotatable bonds is 6. The molecule has 0 amide bonds. The van der Waals surface area contributed by atoms with Gasteiger partial charge in [0.2, 0.25) is 0 Å². The summed E-state index contributed by atoms with van der Waals surface area (Å²) in [7, 11) is 2.18. The van der Waals surface area contributed by atoms with Crippen LogP contribution in [0.4, 0.5) is 0 Å². The van der Waals surface area contributed by atoms with Gasteiger partial charge >= 0.3 is 0 Å². The summed E-state index contributed by atoms with van der Waals surface area (Å²) in [6, 6.07) is 13.1. The molecule has 4 rings (SSSR count). The number of benzene rings is 1. The highest BCUT2D eigenvalue weighted by atomic mass is 15.3. The van der Waals surface area contributed by atoms with Crippen molar-refractivity contribution in [2.45, 2.75) is 32.5 Å². The second-order valence-corrected chi connectivity index (χ2v) is 7.02. The molecule has 0 spiro atoms. The summed E-state index contributed by atoms with van der Waals surface area (Å²) >= 11 is 0. The van der Waals surface area contributed by atoms with Gasteiger partial charge < -0.3 is 0 Å². The Labute approximate surface area is 148 Å². The number of hydrogen-bond donors (Lipinski definition) is 0. The molecule has 0 aliphatic carbocycles. The van der Waals surface area contributed by atoms with Crippen molar-refractivity contribution in [3.05, 3.63) is 65.6 Å². The molecule has 0 N–H and O–H groups in total. The lowest BCUT2D eigenvalue weighted by atomic mass is 10.1. The van der Waals surface area contributed by atoms with Crippen molar-refractivity contribution in [3.63, 3.8) is 0 Å². The maximum absolute atomic E-state index is 4.27. The Hall–Kier alpha value is -2.24. The molecule has 1 aromatic carbocycles. The molecule has 2 aromatic heterocycles. The van der Waals surface area contributed by atoms with Crippen LogP contribution in [0, 0.1) is 0 Å². The lowest BCUT2D eigenvalue weighted by molar-refractivity contribution is 0.307. The van der Waals surface area contributed by atoms with E-state index in [0.717, 1.165) is 25.3 Å². The van der Waals surface area contributed by atoms with Crippen LogP contribution in [0.3, 0.4) is 0 Å². The summed E-state index contributed by atoms with van der Waals surface area (Å²) in [5.74, 6) is 0. The minimum absolute atomic E-state index is 0.903. The largest absolute Gasteiger partial charge is 0.299 e. The van der Waals surface area contributed by atoms with Gasteiger partial charge in [0.1, 0.15) is 6.33 Å². The zero-order valence-corrected chi connectivity index (χ0v) is 14.8. The third-order valence-corrected chi connectivity index (χ3v) is 4.95. The molecule has 1 aliphatic heterocycles. The fourth-order valence-electron chi connectivity index (χ4n) is 3.66. The van der Waals surface area contributed by atoms with E-state index in [1.165, 1.54) is 42.6 Å². The molecule has 130 valence electrons. The van der Waals surface area contributed by atoms with Gasteiger partial charge in [-0.1, -0.05) is 24.3 Å². The Morgan fingerprint density at radius 2 is 1.84 bits per heavy atom. The first-order chi connectivity index (χ1) is 12.3. The van der Waals surface area contributed by atoms with E-state index in [4.69, 9.17) is 0 Å². The van der Waals surface area contributed by atoms with Crippen LogP contribution in [0.2, 0.25) is 0 Å². The van der Waals surface area contributed by atoms with Crippen LogP contribution in [-0.2, 0) is 19.6 Å². The van der Waals surface area contributed by atoms with E-state index in [2.05, 4.69) is 63.3 Å². The van der Waals surface area contributed by atoms with E-state index in [1.54, 1.807) is 10.8 Å². The van der Waals surface area contributed by atoms with Crippen molar-refractivity contribution in [2.75, 3.05) is 20.1 Å². The van der Waals surface area contributed by atoms with Gasteiger partial charge in [-0.2, -0.15) is 5.10 Å². The first kappa shape index (κ1) is 16.2. The molecule has 3 aromatic rings. The molecule has 0 saturated carbocycles. The van der Waals surface area contributed by atoms with Crippen molar-refractivity contribution >= 4 is 5.65 Å². The topological polar surface area (TPSA) is 36.7 Å². The van der Waals surface area contributed by atoms with Crippen molar-refractivity contribution in [1.29, 1.82) is 0 Å². The monoisotopic (exact) mass is 335 g/mol. The standard InChI is InChI=1S/C20H25N5/c1-23(13-17-8-11-25-20(12-17)21-16-22-25)14-18-6-2-3-7-19(18)15-24-9-4-5-10-24/h2-3,6-8,11-12,16H,4-5,9-10,13-15H2,1H3. The molecule has 0 radical (unpaired) electrons. The van der Waals surface area contributed by atoms with Crippen LogP contribution >= 0.6 is 0 Å². The van der Waals surface area contributed by atoms with E-state index in [1.807, 2.05) is 6.20 Å². The van der Waals surface area contributed by atoms with E-state index >= 15 is 0 Å². The predicted molar refractivity (Wildman–Crippen MR) is 99.1 cm³/mol. The molecule has 0 unspecified atom stereocenters. The first-order valence-electron chi connectivity index (χ1n) is 9.04. The summed E-state index contributed by atoms with van der Waals surface area (Å²) in [4.78, 5) is 9.20. The molecule has 3 heterocycles. The van der Waals surface area contributed by atoms with Gasteiger partial charge in [-0.15, -0.1) is 0 Å². The van der Waals surface area contributed by atoms with Gasteiger partial charge in [0.05, 0.1) is 0 Å². The number of aromatic nitrogens is 3. The lowest BCUT2D eigenvalue weighted by Crippen LogP contribution is -2.22. The van der Waals surface area contributed by atoms with E-state index in [0.29, 0.717) is 0 Å². The molecule has 5 heteroatoms. The van der Waals surface area contributed by atoms with Crippen molar-refractivity contribution in [1.82, 2.24) is 24.4 Å². The van der Waals surface area contributed by atoms with Crippen LogP contribution < -0.4 is 0 Å². The van der Waals surface area contributed by atoms with Crippen LogP contribution in [-0.4, -0.2) is 44.5 Å². The Balaban J connectivity index is 1.43. The third kappa shape index (κ3) is 3.89. The van der Waals surface area contributed by atoms with Gasteiger partial charge in [0.15, 0.2) is 5.65 Å². The number of fused-ring (bicyclic) bond motifs is 1. The molecule has 0 atom stereocenters. The summed E-state index contributed by atoms with van der Waals surface area (Å²) < 4.78 is 1.80. The van der Waals surface area contributed by atoms with Crippen molar-refractivity contribution < 1.29 is 0 Å². The van der Waals surface area contributed by atoms with Gasteiger partial charge in [0, 0.05) is 25.8 Å². The van der Waals surface area contributed by atoms with Gasteiger partial charge in [-0.3, -0.25) is 9.80 Å². The molecule has 1 saturated heterocycles. The SMILES string of the molecule is CN(Cc1ccn2ncnc2c1)Cc1ccccc1CN1CCCC1. The quantitative estimate of drug-likeness (QED) is 0.694. The number of pyridine rings is 1. The predicted octanol–water partition coefficient (Wildman–Crippen LogP) is 2.96. The Kier molecular flexibility index (Phi) is 4.76. The summed E-state index contributed by atoms with van der Waals surface area (Å²) in [6.07, 6.45) is 6.25. The third-order valence-electron chi connectivity index (χ3n) is 4.95. The Morgan fingerprint density at radius 3 is 2.68 bits per heavy atom. The summed E-state index contributed by atoms with van der Waals surface area (Å²) in [5.41, 5.74) is 5.06. The van der Waals surface area contributed by atoms with Crippen LogP contribution in [0.1, 0.15) is 29.5 Å². The average molecular weight is 335 g/mol. The Morgan fingerprint density at radius 1 is 1.04 bits per heavy atom. The second kappa shape index (κ2) is 7.33. The fourth-order valence-corrected chi connectivity index (χ4v) is 3.66. The lowest BCUT2D eigenvalue weighted by Gasteiger charge is -2.21. The molecule has 1 aliphatic rings.